The molecule has 0 spiro atoms. The molecule has 1 unspecified atom stereocenters. The molecule has 1 amide bonds. The summed E-state index contributed by atoms with van der Waals surface area (Å²) in [6.45, 7) is 11.8. The summed E-state index contributed by atoms with van der Waals surface area (Å²) < 4.78 is 18.2. The van der Waals surface area contributed by atoms with Gasteiger partial charge in [-0.15, -0.1) is 0 Å². The van der Waals surface area contributed by atoms with Gasteiger partial charge in [-0.2, -0.15) is 0 Å². The molecule has 366 valence electrons. The highest BCUT2D eigenvalue weighted by Gasteiger charge is 2.53. The fourth-order valence-corrected chi connectivity index (χ4v) is 10.3. The van der Waals surface area contributed by atoms with Crippen molar-refractivity contribution >= 4 is 29.2 Å². The largest absolute Gasteiger partial charge is 0.460 e. The van der Waals surface area contributed by atoms with Gasteiger partial charge in [0, 0.05) is 56.8 Å². The molecule has 14 heteroatoms. The van der Waals surface area contributed by atoms with Crippen LogP contribution in [-0.2, 0) is 38.2 Å². The zero-order valence-corrected chi connectivity index (χ0v) is 40.1. The SMILES string of the molecule is CO[C@H]1C[C@@H]2CC[C@@H](C)[C@@](O)(O2)C(=O)C(=O)N2CCCC[C@H]2C(=O)O[C@H]([C@H](C)CC2CC[C@@H](O)[C@H](CO)C2)CC(=O)[C@H](C)/C=C(\C)[C@@H](O)[C@@H](CO)C(=O)[C@H](C)C[C@H](C)/C=C/C=CC=C1C. The van der Waals surface area contributed by atoms with E-state index in [0.717, 1.165) is 5.57 Å². The number of hydrogen-bond donors (Lipinski definition) is 5. The second-order valence-corrected chi connectivity index (χ2v) is 19.9. The van der Waals surface area contributed by atoms with Gasteiger partial charge in [0.05, 0.1) is 36.9 Å². The first-order valence-corrected chi connectivity index (χ1v) is 24.1. The molecule has 4 rings (SSSR count). The molecule has 0 aromatic carbocycles. The molecule has 0 aromatic rings. The number of nitrogens with zero attached hydrogens (tertiary/aromatic N) is 1. The van der Waals surface area contributed by atoms with Gasteiger partial charge in [-0.1, -0.05) is 71.1 Å². The van der Waals surface area contributed by atoms with E-state index in [2.05, 4.69) is 0 Å². The monoisotopic (exact) mass is 914 g/mol. The van der Waals surface area contributed by atoms with Crippen LogP contribution in [0, 0.1) is 47.3 Å². The average molecular weight is 914 g/mol. The number of cyclic esters (lactones) is 1. The van der Waals surface area contributed by atoms with Crippen LogP contribution in [0.25, 0.3) is 0 Å². The molecule has 2 bridgehead atoms. The van der Waals surface area contributed by atoms with E-state index >= 15 is 0 Å². The number of fused-ring (bicyclic) bond motifs is 3. The zero-order chi connectivity index (χ0) is 48.2. The fourth-order valence-electron chi connectivity index (χ4n) is 10.3. The minimum Gasteiger partial charge on any atom is -0.460 e. The molecule has 0 radical (unpaired) electrons. The molecule has 2 saturated heterocycles. The third kappa shape index (κ3) is 14.3. The lowest BCUT2D eigenvalue weighted by Crippen LogP contribution is -2.61. The van der Waals surface area contributed by atoms with Crippen molar-refractivity contribution in [3.63, 3.8) is 0 Å². The van der Waals surface area contributed by atoms with Gasteiger partial charge in [0.25, 0.3) is 11.7 Å². The summed E-state index contributed by atoms with van der Waals surface area (Å²) in [5, 5.41) is 54.0. The maximum absolute atomic E-state index is 14.3. The summed E-state index contributed by atoms with van der Waals surface area (Å²) in [5.41, 5.74) is 1.21. The maximum atomic E-state index is 14.3. The lowest BCUT2D eigenvalue weighted by molar-refractivity contribution is -0.265. The Morgan fingerprint density at radius 3 is 2.28 bits per heavy atom. The molecule has 65 heavy (non-hydrogen) atoms. The Hall–Kier alpha value is -3.37. The van der Waals surface area contributed by atoms with Crippen LogP contribution >= 0.6 is 0 Å². The molecule has 14 nitrogen and oxygen atoms in total. The molecule has 4 aliphatic rings. The highest BCUT2D eigenvalue weighted by Crippen LogP contribution is 2.38. The van der Waals surface area contributed by atoms with Gasteiger partial charge in [-0.05, 0) is 107 Å². The molecular weight excluding hydrogens is 835 g/mol. The number of aliphatic hydroxyl groups excluding tert-OH is 4. The van der Waals surface area contributed by atoms with Crippen molar-refractivity contribution in [2.24, 2.45) is 47.3 Å². The third-order valence-corrected chi connectivity index (χ3v) is 14.7. The first-order chi connectivity index (χ1) is 30.7. The van der Waals surface area contributed by atoms with Crippen LogP contribution in [0.15, 0.2) is 47.6 Å². The van der Waals surface area contributed by atoms with Gasteiger partial charge >= 0.3 is 5.97 Å². The van der Waals surface area contributed by atoms with Crippen molar-refractivity contribution in [1.29, 1.82) is 0 Å². The summed E-state index contributed by atoms with van der Waals surface area (Å²) in [4.78, 5) is 71.6. The number of Topliss-reactive ketones (excluding diaryl/α,β-unsaturated/α-hetero) is 3. The van der Waals surface area contributed by atoms with Crippen molar-refractivity contribution in [3.05, 3.63) is 47.6 Å². The van der Waals surface area contributed by atoms with Gasteiger partial charge in [0.1, 0.15) is 23.7 Å². The number of hydrogen-bond acceptors (Lipinski definition) is 13. The number of ether oxygens (including phenoxy) is 3. The number of allylic oxidation sites excluding steroid dienone is 6. The van der Waals surface area contributed by atoms with Crippen molar-refractivity contribution < 1.29 is 63.7 Å². The minimum atomic E-state index is -2.44. The van der Waals surface area contributed by atoms with Crippen molar-refractivity contribution in [2.45, 2.75) is 168 Å². The Morgan fingerprint density at radius 2 is 1.60 bits per heavy atom. The summed E-state index contributed by atoms with van der Waals surface area (Å²) in [6.07, 6.45) is 12.1. The molecule has 1 saturated carbocycles. The van der Waals surface area contributed by atoms with Gasteiger partial charge in [0.15, 0.2) is 0 Å². The standard InChI is InChI=1S/C51H79NO13/c1-30-14-10-9-11-15-31(2)44(63-8)26-39-19-17-36(7)51(62,65-39)48(59)49(60)52-21-13-12-16-41(52)50(61)64-45(33(4)24-37-18-20-42(55)38(25-37)28-53)27-43(56)32(3)23-35(6)47(58)40(29-54)46(57)34(5)22-30/h9-11,14-15,23,30,32-34,36-42,44-45,47,53-55,58,62H,12-13,16-22,24-29H2,1-8H3/b11-9?,14-10+,31-15?,35-23+/t30-,32-,33-,34-,36-,37?,38+,39+,40+,41+,42-,44+,45+,47-,51-/m1/s1. The van der Waals surface area contributed by atoms with E-state index in [-0.39, 0.29) is 61.2 Å². The van der Waals surface area contributed by atoms with E-state index in [9.17, 15) is 49.5 Å². The quantitative estimate of drug-likeness (QED) is 0.129. The highest BCUT2D eigenvalue weighted by molar-refractivity contribution is 6.39. The smallest absolute Gasteiger partial charge is 0.329 e. The lowest BCUT2D eigenvalue weighted by atomic mass is 9.75. The van der Waals surface area contributed by atoms with E-state index in [1.807, 2.05) is 51.2 Å². The predicted molar refractivity (Wildman–Crippen MR) is 245 cm³/mol. The molecule has 1 aliphatic carbocycles. The van der Waals surface area contributed by atoms with Gasteiger partial charge in [0.2, 0.25) is 5.79 Å². The lowest BCUT2D eigenvalue weighted by Gasteiger charge is -2.42. The summed E-state index contributed by atoms with van der Waals surface area (Å²) in [5.74, 6) is -9.71. The molecule has 5 N–H and O–H groups in total. The van der Waals surface area contributed by atoms with E-state index in [1.165, 1.54) is 4.90 Å². The number of carbonyl (C=O) groups is 5. The predicted octanol–water partition coefficient (Wildman–Crippen LogP) is 5.37. The number of piperidine rings is 1. The van der Waals surface area contributed by atoms with Gasteiger partial charge in [-0.25, -0.2) is 4.79 Å². The summed E-state index contributed by atoms with van der Waals surface area (Å²) in [6, 6.07) is -1.16. The van der Waals surface area contributed by atoms with Crippen LogP contribution in [0.3, 0.4) is 0 Å². The van der Waals surface area contributed by atoms with Crippen molar-refractivity contribution in [1.82, 2.24) is 4.90 Å². The third-order valence-electron chi connectivity index (χ3n) is 14.7. The van der Waals surface area contributed by atoms with E-state index in [0.29, 0.717) is 69.8 Å². The molecule has 3 aliphatic heterocycles. The number of rotatable bonds is 6. The summed E-state index contributed by atoms with van der Waals surface area (Å²) in [7, 11) is 1.57. The van der Waals surface area contributed by atoms with E-state index in [4.69, 9.17) is 14.2 Å². The maximum Gasteiger partial charge on any atom is 0.329 e. The Labute approximate surface area is 386 Å². The molecule has 3 fully saturated rings. The van der Waals surface area contributed by atoms with Gasteiger partial charge < -0.3 is 44.6 Å². The Kier molecular flexibility index (Phi) is 21.0. The molecule has 0 aromatic heterocycles. The van der Waals surface area contributed by atoms with E-state index < -0.39 is 90.3 Å². The number of carbonyl (C=O) groups excluding carboxylic acids is 5. The first-order valence-electron chi connectivity index (χ1n) is 24.1. The fraction of sp³-hybridized carbons (Fsp3) is 0.745. The van der Waals surface area contributed by atoms with Crippen LogP contribution in [0.1, 0.15) is 126 Å². The number of esters is 1. The minimum absolute atomic E-state index is 0.0117. The first kappa shape index (κ1) is 54.2. The number of aliphatic hydroxyl groups is 5. The van der Waals surface area contributed by atoms with Crippen LogP contribution in [-0.4, -0.2) is 129 Å². The Morgan fingerprint density at radius 1 is 0.877 bits per heavy atom. The number of ketones is 3. The van der Waals surface area contributed by atoms with Gasteiger partial charge in [-0.3, -0.25) is 19.2 Å². The zero-order valence-electron chi connectivity index (χ0n) is 40.1. The van der Waals surface area contributed by atoms with Crippen molar-refractivity contribution in [3.8, 4) is 0 Å². The Balaban J connectivity index is 1.70. The van der Waals surface area contributed by atoms with E-state index in [1.54, 1.807) is 40.9 Å². The normalized spacial score (nSPS) is 39.1. The molecular formula is C51H79NO13. The average Bonchev–Trinajstić information content (AvgIpc) is 3.28. The highest BCUT2D eigenvalue weighted by atomic mass is 16.6. The molecule has 3 heterocycles. The van der Waals surface area contributed by atoms with Crippen LogP contribution < -0.4 is 0 Å². The number of methoxy groups -OCH3 is 1. The second-order valence-electron chi connectivity index (χ2n) is 19.9. The van der Waals surface area contributed by atoms with Crippen LogP contribution in [0.4, 0.5) is 0 Å². The summed E-state index contributed by atoms with van der Waals surface area (Å²) >= 11 is 0. The van der Waals surface area contributed by atoms with Crippen molar-refractivity contribution in [2.75, 3.05) is 26.9 Å². The topological polar surface area (TPSA) is 217 Å². The Bertz CT molecular complexity index is 1760. The molecule has 15 atom stereocenters. The second kappa shape index (κ2) is 25.1. The van der Waals surface area contributed by atoms with Crippen LogP contribution in [0.2, 0.25) is 0 Å². The number of amides is 1. The van der Waals surface area contributed by atoms with Crippen LogP contribution in [0.5, 0.6) is 0 Å².